The third-order valence-corrected chi connectivity index (χ3v) is 3.24. The van der Waals surface area contributed by atoms with Crippen LogP contribution in [0, 0.1) is 6.92 Å². The molecule has 2 aromatic heterocycles. The Bertz CT molecular complexity index is 615. The molecule has 1 atom stereocenters. The number of aromatic nitrogens is 4. The molecule has 0 spiro atoms. The second kappa shape index (κ2) is 5.80. The molecule has 1 unspecified atom stereocenters. The molecule has 4 N–H and O–H groups in total. The van der Waals surface area contributed by atoms with E-state index in [2.05, 4.69) is 20.6 Å². The van der Waals surface area contributed by atoms with Gasteiger partial charge in [-0.05, 0) is 20.3 Å². The van der Waals surface area contributed by atoms with Crippen molar-refractivity contribution >= 4 is 35.2 Å². The lowest BCUT2D eigenvalue weighted by atomic mass is 9.96. The van der Waals surface area contributed by atoms with Crippen LogP contribution in [-0.4, -0.2) is 31.4 Å². The van der Waals surface area contributed by atoms with Gasteiger partial charge in [-0.1, -0.05) is 13.3 Å². The van der Waals surface area contributed by atoms with Crippen molar-refractivity contribution in [2.75, 3.05) is 5.32 Å². The number of H-pyrrole nitrogens is 1. The van der Waals surface area contributed by atoms with Crippen LogP contribution >= 0.6 is 12.4 Å². The lowest BCUT2D eigenvalue weighted by Gasteiger charge is -2.22. The molecule has 7 nitrogen and oxygen atoms in total. The van der Waals surface area contributed by atoms with Crippen molar-refractivity contribution in [1.29, 1.82) is 0 Å². The topological polar surface area (TPSA) is 102 Å². The average molecular weight is 301 g/mol. The van der Waals surface area contributed by atoms with Crippen LogP contribution in [0.1, 0.15) is 32.4 Å². The number of carbonyl (C=O) groups is 1. The number of amides is 1. The van der Waals surface area contributed by atoms with E-state index >= 15 is 0 Å². The number of nitrogens with one attached hydrogen (secondary N) is 2. The van der Waals surface area contributed by atoms with Gasteiger partial charge in [0.15, 0.2) is 5.65 Å². The summed E-state index contributed by atoms with van der Waals surface area (Å²) < 4.78 is 1.67. The molecule has 0 aliphatic heterocycles. The number of carbonyl (C=O) groups excluding carboxylic acids is 1. The zero-order chi connectivity index (χ0) is 14.2. The first-order valence-corrected chi connectivity index (χ1v) is 6.35. The van der Waals surface area contributed by atoms with Crippen LogP contribution < -0.4 is 11.1 Å². The zero-order valence-corrected chi connectivity index (χ0v) is 13.0. The molecule has 0 aliphatic carbocycles. The fourth-order valence-corrected chi connectivity index (χ4v) is 2.21. The van der Waals surface area contributed by atoms with Crippen molar-refractivity contribution in [3.05, 3.63) is 5.69 Å². The highest BCUT2D eigenvalue weighted by atomic mass is 35.5. The molecular weight excluding hydrogens is 280 g/mol. The molecule has 2 heterocycles. The van der Waals surface area contributed by atoms with E-state index < -0.39 is 5.54 Å². The summed E-state index contributed by atoms with van der Waals surface area (Å²) in [5, 5.41) is 14.9. The predicted molar refractivity (Wildman–Crippen MR) is 81.0 cm³/mol. The summed E-state index contributed by atoms with van der Waals surface area (Å²) in [6.45, 7) is 5.61. The number of aromatic amines is 1. The van der Waals surface area contributed by atoms with E-state index in [1.807, 2.05) is 20.9 Å². The van der Waals surface area contributed by atoms with Crippen LogP contribution in [0.15, 0.2) is 0 Å². The molecule has 0 saturated heterocycles. The quantitative estimate of drug-likeness (QED) is 0.796. The number of halogens is 1. The lowest BCUT2D eigenvalue weighted by molar-refractivity contribution is -0.120. The third kappa shape index (κ3) is 2.78. The number of hydrogen-bond acceptors (Lipinski definition) is 4. The van der Waals surface area contributed by atoms with Crippen LogP contribution in [0.5, 0.6) is 0 Å². The molecule has 0 saturated carbocycles. The van der Waals surface area contributed by atoms with E-state index in [9.17, 15) is 4.79 Å². The number of nitrogens with zero attached hydrogens (tertiary/aromatic N) is 3. The molecule has 0 fully saturated rings. The Morgan fingerprint density at radius 1 is 1.55 bits per heavy atom. The maximum atomic E-state index is 12.2. The largest absolute Gasteiger partial charge is 0.318 e. The minimum atomic E-state index is -0.887. The van der Waals surface area contributed by atoms with Gasteiger partial charge in [-0.3, -0.25) is 9.89 Å². The fourth-order valence-electron chi connectivity index (χ4n) is 2.21. The summed E-state index contributed by atoms with van der Waals surface area (Å²) in [6.07, 6.45) is 1.48. The maximum Gasteiger partial charge on any atom is 0.245 e. The molecule has 2 rings (SSSR count). The molecule has 1 amide bonds. The molecule has 2 aromatic rings. The first-order chi connectivity index (χ1) is 8.86. The second-order valence-electron chi connectivity index (χ2n) is 5.13. The minimum absolute atomic E-state index is 0. The van der Waals surface area contributed by atoms with Gasteiger partial charge in [-0.2, -0.15) is 10.2 Å². The average Bonchev–Trinajstić information content (AvgIpc) is 2.83. The van der Waals surface area contributed by atoms with Gasteiger partial charge in [0, 0.05) is 7.05 Å². The van der Waals surface area contributed by atoms with Crippen molar-refractivity contribution in [3.8, 4) is 0 Å². The zero-order valence-electron chi connectivity index (χ0n) is 12.1. The van der Waals surface area contributed by atoms with Crippen LogP contribution in [0.3, 0.4) is 0 Å². The van der Waals surface area contributed by atoms with Gasteiger partial charge in [0.2, 0.25) is 5.91 Å². The van der Waals surface area contributed by atoms with Crippen molar-refractivity contribution in [2.24, 2.45) is 12.8 Å². The van der Waals surface area contributed by atoms with E-state index in [0.717, 1.165) is 17.5 Å². The number of aryl methyl sites for hydroxylation is 2. The summed E-state index contributed by atoms with van der Waals surface area (Å²) in [4.78, 5) is 12.2. The van der Waals surface area contributed by atoms with Crippen LogP contribution in [0.4, 0.5) is 5.82 Å². The third-order valence-electron chi connectivity index (χ3n) is 3.24. The van der Waals surface area contributed by atoms with Gasteiger partial charge < -0.3 is 11.1 Å². The highest BCUT2D eigenvalue weighted by Gasteiger charge is 2.28. The van der Waals surface area contributed by atoms with E-state index in [4.69, 9.17) is 5.73 Å². The number of hydrogen-bond donors (Lipinski definition) is 3. The molecule has 0 bridgehead atoms. The summed E-state index contributed by atoms with van der Waals surface area (Å²) in [5.74, 6) is 0.335. The van der Waals surface area contributed by atoms with E-state index in [-0.39, 0.29) is 18.3 Å². The van der Waals surface area contributed by atoms with Gasteiger partial charge in [0.05, 0.1) is 16.6 Å². The standard InChI is InChI=1S/C12H20N6O.ClH/c1-5-6-12(3,13)11(19)14-9-8-7(2)17-18(4)10(8)16-15-9;/h5-6,13H2,1-4H3,(H2,14,15,16,19);1H. The first-order valence-electron chi connectivity index (χ1n) is 6.35. The van der Waals surface area contributed by atoms with Gasteiger partial charge in [0.1, 0.15) is 5.82 Å². The van der Waals surface area contributed by atoms with Crippen molar-refractivity contribution in [1.82, 2.24) is 20.0 Å². The Balaban J connectivity index is 0.00000200. The number of fused-ring (bicyclic) bond motifs is 1. The first kappa shape index (κ1) is 16.5. The van der Waals surface area contributed by atoms with Gasteiger partial charge in [0.25, 0.3) is 0 Å². The second-order valence-corrected chi connectivity index (χ2v) is 5.13. The molecule has 0 aliphatic rings. The van der Waals surface area contributed by atoms with Crippen LogP contribution in [0.25, 0.3) is 11.0 Å². The van der Waals surface area contributed by atoms with E-state index in [1.54, 1.807) is 11.6 Å². The van der Waals surface area contributed by atoms with Crippen molar-refractivity contribution in [2.45, 2.75) is 39.2 Å². The Morgan fingerprint density at radius 3 is 2.80 bits per heavy atom. The summed E-state index contributed by atoms with van der Waals surface area (Å²) in [6, 6.07) is 0. The Kier molecular flexibility index (Phi) is 4.77. The van der Waals surface area contributed by atoms with Gasteiger partial charge >= 0.3 is 0 Å². The molecule has 0 radical (unpaired) electrons. The molecule has 8 heteroatoms. The Morgan fingerprint density at radius 2 is 2.20 bits per heavy atom. The summed E-state index contributed by atoms with van der Waals surface area (Å²) in [5.41, 5.74) is 6.65. The smallest absolute Gasteiger partial charge is 0.245 e. The minimum Gasteiger partial charge on any atom is -0.318 e. The van der Waals surface area contributed by atoms with Crippen molar-refractivity contribution < 1.29 is 4.79 Å². The fraction of sp³-hybridized carbons (Fsp3) is 0.583. The van der Waals surface area contributed by atoms with Gasteiger partial charge in [-0.15, -0.1) is 12.4 Å². The molecule has 0 aromatic carbocycles. The van der Waals surface area contributed by atoms with Crippen LogP contribution in [-0.2, 0) is 11.8 Å². The summed E-state index contributed by atoms with van der Waals surface area (Å²) in [7, 11) is 1.81. The number of nitrogens with two attached hydrogens (primary N) is 1. The maximum absolute atomic E-state index is 12.2. The number of rotatable bonds is 4. The lowest BCUT2D eigenvalue weighted by Crippen LogP contribution is -2.48. The highest BCUT2D eigenvalue weighted by molar-refractivity contribution is 6.03. The Labute approximate surface area is 123 Å². The monoisotopic (exact) mass is 300 g/mol. The predicted octanol–water partition coefficient (Wildman–Crippen LogP) is 1.48. The Hall–Kier alpha value is -1.60. The summed E-state index contributed by atoms with van der Waals surface area (Å²) >= 11 is 0. The van der Waals surface area contributed by atoms with E-state index in [0.29, 0.717) is 17.9 Å². The highest BCUT2D eigenvalue weighted by Crippen LogP contribution is 2.24. The van der Waals surface area contributed by atoms with Crippen molar-refractivity contribution in [3.63, 3.8) is 0 Å². The molecule has 112 valence electrons. The van der Waals surface area contributed by atoms with Crippen LogP contribution in [0.2, 0.25) is 0 Å². The number of anilines is 1. The molecular formula is C12H21ClN6O. The SMILES string of the molecule is CCCC(C)(N)C(=O)Nc1[nH]nc2c1c(C)nn2C.Cl. The molecule has 20 heavy (non-hydrogen) atoms. The van der Waals surface area contributed by atoms with E-state index in [1.165, 1.54) is 0 Å². The van der Waals surface area contributed by atoms with Gasteiger partial charge in [-0.25, -0.2) is 4.68 Å². The normalized spacial score (nSPS) is 13.8.